The van der Waals surface area contributed by atoms with Crippen molar-refractivity contribution in [2.75, 3.05) is 0 Å². The van der Waals surface area contributed by atoms with Gasteiger partial charge in [0.15, 0.2) is 0 Å². The first-order chi connectivity index (χ1) is 5.52. The van der Waals surface area contributed by atoms with Crippen molar-refractivity contribution in [1.82, 2.24) is 0 Å². The predicted molar refractivity (Wildman–Crippen MR) is 51.9 cm³/mol. The highest BCUT2D eigenvalue weighted by Crippen LogP contribution is 2.14. The van der Waals surface area contributed by atoms with Crippen LogP contribution in [0.15, 0.2) is 11.3 Å². The van der Waals surface area contributed by atoms with Crippen molar-refractivity contribution in [3.05, 3.63) is 11.3 Å². The Kier molecular flexibility index (Phi) is 4.32. The summed E-state index contributed by atoms with van der Waals surface area (Å²) < 4.78 is 0. The number of nitrogens with zero attached hydrogens (tertiary/aromatic N) is 2. The maximum Gasteiger partial charge on any atom is 0.0907 e. The van der Waals surface area contributed by atoms with Crippen LogP contribution in [-0.4, -0.2) is 8.07 Å². The molecule has 64 valence electrons. The van der Waals surface area contributed by atoms with Crippen LogP contribution in [0.3, 0.4) is 0 Å². The highest BCUT2D eigenvalue weighted by molar-refractivity contribution is 6.84. The van der Waals surface area contributed by atoms with Crippen LogP contribution in [0.4, 0.5) is 0 Å². The fraction of sp³-hybridized carbons (Fsp3) is 0.556. The fourth-order valence-electron chi connectivity index (χ4n) is 0.801. The molecule has 0 aliphatic carbocycles. The van der Waals surface area contributed by atoms with Gasteiger partial charge < -0.3 is 0 Å². The van der Waals surface area contributed by atoms with Gasteiger partial charge in [-0.15, -0.1) is 0 Å². The van der Waals surface area contributed by atoms with Gasteiger partial charge in [-0.1, -0.05) is 25.7 Å². The largest absolute Gasteiger partial charge is 0.198 e. The van der Waals surface area contributed by atoms with Crippen molar-refractivity contribution < 1.29 is 0 Å². The van der Waals surface area contributed by atoms with Gasteiger partial charge in [0, 0.05) is 11.6 Å². The topological polar surface area (TPSA) is 47.6 Å². The molecule has 2 nitrogen and oxygen atoms in total. The van der Waals surface area contributed by atoms with Crippen molar-refractivity contribution in [3.63, 3.8) is 0 Å². The number of hydrogen-bond donors (Lipinski definition) is 0. The molecule has 0 aromatic carbocycles. The van der Waals surface area contributed by atoms with Gasteiger partial charge in [0.2, 0.25) is 0 Å². The molecular weight excluding hydrogens is 164 g/mol. The molecule has 0 N–H and O–H groups in total. The SMILES string of the molecule is C[Si](C)(C)/C(C#N)=C/CCC#N. The van der Waals surface area contributed by atoms with Crippen molar-refractivity contribution in [1.29, 1.82) is 10.5 Å². The Morgan fingerprint density at radius 2 is 1.92 bits per heavy atom. The number of rotatable bonds is 3. The molecule has 0 saturated carbocycles. The Morgan fingerprint density at radius 1 is 1.33 bits per heavy atom. The molecule has 0 aliphatic rings. The summed E-state index contributed by atoms with van der Waals surface area (Å²) in [6.07, 6.45) is 3.13. The highest BCUT2D eigenvalue weighted by atomic mass is 28.3. The third-order valence-electron chi connectivity index (χ3n) is 1.53. The van der Waals surface area contributed by atoms with Gasteiger partial charge in [-0.3, -0.25) is 0 Å². The highest BCUT2D eigenvalue weighted by Gasteiger charge is 2.18. The van der Waals surface area contributed by atoms with Gasteiger partial charge in [0.1, 0.15) is 0 Å². The third-order valence-corrected chi connectivity index (χ3v) is 3.47. The Balaban J connectivity index is 4.30. The monoisotopic (exact) mass is 178 g/mol. The minimum absolute atomic E-state index is 0.510. The summed E-state index contributed by atoms with van der Waals surface area (Å²) >= 11 is 0. The van der Waals surface area contributed by atoms with E-state index in [0.717, 1.165) is 5.20 Å². The van der Waals surface area contributed by atoms with E-state index >= 15 is 0 Å². The Hall–Kier alpha value is -1.06. The molecule has 0 saturated heterocycles. The Morgan fingerprint density at radius 3 is 2.25 bits per heavy atom. The maximum absolute atomic E-state index is 8.79. The molecule has 12 heavy (non-hydrogen) atoms. The van der Waals surface area contributed by atoms with E-state index in [1.165, 1.54) is 0 Å². The van der Waals surface area contributed by atoms with Crippen molar-refractivity contribution in [2.45, 2.75) is 32.5 Å². The van der Waals surface area contributed by atoms with Gasteiger partial charge in [-0.2, -0.15) is 10.5 Å². The number of nitriles is 2. The lowest BCUT2D eigenvalue weighted by Gasteiger charge is -2.13. The zero-order valence-electron chi connectivity index (χ0n) is 7.89. The molecule has 0 heterocycles. The molecule has 3 heteroatoms. The van der Waals surface area contributed by atoms with E-state index in [4.69, 9.17) is 10.5 Å². The molecule has 0 amide bonds. The second kappa shape index (κ2) is 4.74. The van der Waals surface area contributed by atoms with E-state index in [-0.39, 0.29) is 0 Å². The van der Waals surface area contributed by atoms with Crippen LogP contribution in [-0.2, 0) is 0 Å². The molecule has 0 rings (SSSR count). The summed E-state index contributed by atoms with van der Waals surface area (Å²) in [5.41, 5.74) is 0. The van der Waals surface area contributed by atoms with Gasteiger partial charge in [0.25, 0.3) is 0 Å². The minimum Gasteiger partial charge on any atom is -0.198 e. The number of hydrogen-bond acceptors (Lipinski definition) is 2. The summed E-state index contributed by atoms with van der Waals surface area (Å²) in [6.45, 7) is 6.40. The average molecular weight is 178 g/mol. The minimum atomic E-state index is -1.45. The summed E-state index contributed by atoms with van der Waals surface area (Å²) in [4.78, 5) is 0. The summed E-state index contributed by atoms with van der Waals surface area (Å²) in [6, 6.07) is 4.27. The first-order valence-corrected chi connectivity index (χ1v) is 7.50. The second-order valence-electron chi connectivity index (χ2n) is 3.68. The first kappa shape index (κ1) is 10.9. The molecule has 0 aliphatic heterocycles. The molecule has 0 bridgehead atoms. The summed E-state index contributed by atoms with van der Waals surface area (Å²) in [5, 5.41) is 18.0. The quantitative estimate of drug-likeness (QED) is 0.379. The zero-order valence-corrected chi connectivity index (χ0v) is 8.89. The molecule has 0 aromatic heterocycles. The van der Waals surface area contributed by atoms with Crippen LogP contribution < -0.4 is 0 Å². The first-order valence-electron chi connectivity index (χ1n) is 4.00. The number of unbranched alkanes of at least 4 members (excludes halogenated alkanes) is 1. The lowest BCUT2D eigenvalue weighted by atomic mass is 10.3. The van der Waals surface area contributed by atoms with Crippen molar-refractivity contribution in [3.8, 4) is 12.1 Å². The molecular formula is C9H14N2Si. The fourth-order valence-corrected chi connectivity index (χ4v) is 1.89. The molecule has 0 aromatic rings. The normalized spacial score (nSPS) is 11.9. The van der Waals surface area contributed by atoms with Gasteiger partial charge in [0.05, 0.1) is 20.2 Å². The molecule has 0 fully saturated rings. The van der Waals surface area contributed by atoms with Crippen LogP contribution >= 0.6 is 0 Å². The van der Waals surface area contributed by atoms with E-state index in [1.807, 2.05) is 6.08 Å². The summed E-state index contributed by atoms with van der Waals surface area (Å²) in [7, 11) is -1.45. The maximum atomic E-state index is 8.79. The van der Waals surface area contributed by atoms with E-state index < -0.39 is 8.07 Å². The smallest absolute Gasteiger partial charge is 0.0907 e. The van der Waals surface area contributed by atoms with Crippen LogP contribution in [0.25, 0.3) is 0 Å². The van der Waals surface area contributed by atoms with Crippen LogP contribution in [0.1, 0.15) is 12.8 Å². The lowest BCUT2D eigenvalue weighted by Crippen LogP contribution is -2.22. The number of allylic oxidation sites excluding steroid dienone is 2. The van der Waals surface area contributed by atoms with Crippen LogP contribution in [0.2, 0.25) is 19.6 Å². The third kappa shape index (κ3) is 3.95. The van der Waals surface area contributed by atoms with Gasteiger partial charge in [-0.05, 0) is 6.42 Å². The molecule has 0 atom stereocenters. The standard InChI is InChI=1S/C9H14N2Si/c1-12(2,3)9(8-11)6-4-5-7-10/h6H,4-5H2,1-3H3/b9-6+. The van der Waals surface area contributed by atoms with E-state index in [2.05, 4.69) is 31.8 Å². The van der Waals surface area contributed by atoms with Crippen LogP contribution in [0, 0.1) is 22.7 Å². The van der Waals surface area contributed by atoms with Gasteiger partial charge in [-0.25, -0.2) is 0 Å². The molecule has 0 spiro atoms. The van der Waals surface area contributed by atoms with Gasteiger partial charge >= 0.3 is 0 Å². The zero-order chi connectivity index (χ0) is 9.61. The van der Waals surface area contributed by atoms with E-state index in [1.54, 1.807) is 0 Å². The van der Waals surface area contributed by atoms with Crippen molar-refractivity contribution in [2.24, 2.45) is 0 Å². The summed E-state index contributed by atoms with van der Waals surface area (Å²) in [5.74, 6) is 0. The molecule has 0 radical (unpaired) electrons. The van der Waals surface area contributed by atoms with E-state index in [9.17, 15) is 0 Å². The van der Waals surface area contributed by atoms with Crippen molar-refractivity contribution >= 4 is 8.07 Å². The lowest BCUT2D eigenvalue weighted by molar-refractivity contribution is 1.06. The van der Waals surface area contributed by atoms with Crippen LogP contribution in [0.5, 0.6) is 0 Å². The van der Waals surface area contributed by atoms with E-state index in [0.29, 0.717) is 12.8 Å². The predicted octanol–water partition coefficient (Wildman–Crippen LogP) is 2.62. The second-order valence-corrected chi connectivity index (χ2v) is 8.72. The Bertz CT molecular complexity index is 247. The molecule has 0 unspecified atom stereocenters. The average Bonchev–Trinajstić information content (AvgIpc) is 1.95. The Labute approximate surface area is 75.1 Å².